The Morgan fingerprint density at radius 1 is 0.833 bits per heavy atom. The summed E-state index contributed by atoms with van der Waals surface area (Å²) < 4.78 is 30.8. The lowest BCUT2D eigenvalue weighted by molar-refractivity contribution is 0.0866. The second kappa shape index (κ2) is 13.2. The van der Waals surface area contributed by atoms with E-state index in [1.165, 1.54) is 0 Å². The molecule has 0 aliphatic carbocycles. The highest BCUT2D eigenvalue weighted by atomic mass is 32.1. The Kier molecular flexibility index (Phi) is 9.39. The molecule has 0 N–H and O–H groups in total. The number of oxazole rings is 1. The number of rotatable bonds is 13. The third kappa shape index (κ3) is 6.13. The SMILES string of the molecule is CCO[Si](OCC)(OCC)c1ccc(/C=C/c2ccc3oc(-c4cc5ccc(N(CC)CC)cc5oc4=O)nc3c2)s1. The first kappa shape index (κ1) is 29.9. The van der Waals surface area contributed by atoms with Crippen LogP contribution in [0.4, 0.5) is 5.69 Å². The topological polar surface area (TPSA) is 87.2 Å². The Morgan fingerprint density at radius 3 is 2.26 bits per heavy atom. The van der Waals surface area contributed by atoms with Crippen molar-refractivity contribution < 1.29 is 22.1 Å². The average Bonchev–Trinajstić information content (AvgIpc) is 3.64. The summed E-state index contributed by atoms with van der Waals surface area (Å²) in [6.07, 6.45) is 4.07. The van der Waals surface area contributed by atoms with Crippen LogP contribution < -0.4 is 15.0 Å². The molecule has 2 aromatic carbocycles. The fourth-order valence-electron chi connectivity index (χ4n) is 4.89. The molecule has 5 aromatic rings. The van der Waals surface area contributed by atoms with Gasteiger partial charge in [0.05, 0.1) is 4.50 Å². The molecule has 0 radical (unpaired) electrons. The molecule has 0 atom stereocenters. The minimum atomic E-state index is -2.93. The molecule has 0 spiro atoms. The van der Waals surface area contributed by atoms with E-state index in [2.05, 4.69) is 23.7 Å². The normalized spacial score (nSPS) is 12.2. The molecule has 0 saturated heterocycles. The van der Waals surface area contributed by atoms with Crippen LogP contribution >= 0.6 is 11.3 Å². The lowest BCUT2D eigenvalue weighted by Crippen LogP contribution is -2.55. The third-order valence-corrected chi connectivity index (χ3v) is 11.6. The van der Waals surface area contributed by atoms with Crippen LogP contribution in [0.5, 0.6) is 0 Å². The zero-order valence-corrected chi connectivity index (χ0v) is 26.5. The summed E-state index contributed by atoms with van der Waals surface area (Å²) in [5, 5.41) is 0.812. The van der Waals surface area contributed by atoms with E-state index in [-0.39, 0.29) is 5.89 Å². The molecule has 0 aliphatic heterocycles. The molecule has 5 rings (SSSR count). The van der Waals surface area contributed by atoms with E-state index in [4.69, 9.17) is 22.1 Å². The van der Waals surface area contributed by atoms with Crippen LogP contribution in [0, 0.1) is 0 Å². The number of anilines is 1. The quantitative estimate of drug-likeness (QED) is 0.106. The maximum atomic E-state index is 12.9. The first-order valence-electron chi connectivity index (χ1n) is 14.4. The van der Waals surface area contributed by atoms with Gasteiger partial charge in [0.15, 0.2) is 5.58 Å². The second-order valence-electron chi connectivity index (χ2n) is 9.48. The molecule has 3 heterocycles. The Labute approximate surface area is 250 Å². The van der Waals surface area contributed by atoms with Gasteiger partial charge in [-0.2, -0.15) is 0 Å². The summed E-state index contributed by atoms with van der Waals surface area (Å²) in [6, 6.07) is 17.5. The van der Waals surface area contributed by atoms with Crippen LogP contribution in [-0.4, -0.2) is 46.7 Å². The van der Waals surface area contributed by atoms with Gasteiger partial charge in [-0.15, -0.1) is 11.3 Å². The van der Waals surface area contributed by atoms with Crippen LogP contribution in [0.1, 0.15) is 45.1 Å². The minimum Gasteiger partial charge on any atom is -0.436 e. The van der Waals surface area contributed by atoms with Crippen molar-refractivity contribution in [2.45, 2.75) is 34.6 Å². The van der Waals surface area contributed by atoms with E-state index in [1.54, 1.807) is 17.4 Å². The van der Waals surface area contributed by atoms with Gasteiger partial charge >= 0.3 is 14.4 Å². The minimum absolute atomic E-state index is 0.238. The van der Waals surface area contributed by atoms with Crippen LogP contribution in [0.2, 0.25) is 0 Å². The highest BCUT2D eigenvalue weighted by molar-refractivity contribution is 7.24. The van der Waals surface area contributed by atoms with Gasteiger partial charge in [0.25, 0.3) is 0 Å². The van der Waals surface area contributed by atoms with Crippen molar-refractivity contribution in [2.75, 3.05) is 37.8 Å². The predicted molar refractivity (Wildman–Crippen MR) is 173 cm³/mol. The fraction of sp³-hybridized carbons (Fsp3) is 0.312. The Morgan fingerprint density at radius 2 is 1.57 bits per heavy atom. The molecule has 0 fully saturated rings. The van der Waals surface area contributed by atoms with Gasteiger partial charge in [-0.3, -0.25) is 0 Å². The molecule has 0 amide bonds. The number of hydrogen-bond acceptors (Lipinski definition) is 9. The Hall–Kier alpha value is -3.54. The van der Waals surface area contributed by atoms with Crippen LogP contribution in [0.25, 0.3) is 45.7 Å². The number of hydrogen-bond donors (Lipinski definition) is 0. The van der Waals surface area contributed by atoms with Crippen molar-refractivity contribution in [1.29, 1.82) is 0 Å². The lowest BCUT2D eigenvalue weighted by Gasteiger charge is -2.27. The maximum Gasteiger partial charge on any atom is 0.547 e. The number of benzene rings is 2. The summed E-state index contributed by atoms with van der Waals surface area (Å²) in [7, 11) is -2.93. The summed E-state index contributed by atoms with van der Waals surface area (Å²) >= 11 is 1.61. The molecule has 220 valence electrons. The van der Waals surface area contributed by atoms with E-state index < -0.39 is 14.4 Å². The molecule has 0 bridgehead atoms. The summed E-state index contributed by atoms with van der Waals surface area (Å²) in [6.45, 7) is 13.4. The van der Waals surface area contributed by atoms with Gasteiger partial charge in [0.2, 0.25) is 5.89 Å². The molecule has 42 heavy (non-hydrogen) atoms. The molecule has 10 heteroatoms. The maximum absolute atomic E-state index is 12.9. The lowest BCUT2D eigenvalue weighted by atomic mass is 10.1. The van der Waals surface area contributed by atoms with Crippen molar-refractivity contribution in [3.05, 3.63) is 75.5 Å². The first-order valence-corrected chi connectivity index (χ1v) is 16.9. The molecule has 3 aromatic heterocycles. The van der Waals surface area contributed by atoms with E-state index in [9.17, 15) is 4.79 Å². The smallest absolute Gasteiger partial charge is 0.436 e. The molecular formula is C32H36N2O6SSi. The van der Waals surface area contributed by atoms with E-state index >= 15 is 0 Å². The average molecular weight is 605 g/mol. The van der Waals surface area contributed by atoms with Gasteiger partial charge in [0, 0.05) is 54.9 Å². The van der Waals surface area contributed by atoms with Crippen molar-refractivity contribution in [1.82, 2.24) is 4.98 Å². The van der Waals surface area contributed by atoms with Crippen LogP contribution in [-0.2, 0) is 13.3 Å². The predicted octanol–water partition coefficient (Wildman–Crippen LogP) is 6.93. The monoisotopic (exact) mass is 604 g/mol. The number of nitrogens with zero attached hydrogens (tertiary/aromatic N) is 2. The van der Waals surface area contributed by atoms with Crippen LogP contribution in [0.3, 0.4) is 0 Å². The molecule has 0 saturated carbocycles. The van der Waals surface area contributed by atoms with E-state index in [1.807, 2.05) is 81.5 Å². The van der Waals surface area contributed by atoms with Crippen molar-refractivity contribution >= 4 is 64.6 Å². The summed E-state index contributed by atoms with van der Waals surface area (Å²) in [5.74, 6) is 0.238. The van der Waals surface area contributed by atoms with E-state index in [0.717, 1.165) is 39.1 Å². The zero-order valence-electron chi connectivity index (χ0n) is 24.6. The largest absolute Gasteiger partial charge is 0.547 e. The fourth-order valence-corrected chi connectivity index (χ4v) is 9.04. The second-order valence-corrected chi connectivity index (χ2v) is 13.5. The van der Waals surface area contributed by atoms with Crippen molar-refractivity contribution in [3.8, 4) is 11.5 Å². The van der Waals surface area contributed by atoms with Gasteiger partial charge in [-0.25, -0.2) is 9.78 Å². The van der Waals surface area contributed by atoms with Crippen LogP contribution in [0.15, 0.2) is 68.2 Å². The highest BCUT2D eigenvalue weighted by Crippen LogP contribution is 2.28. The van der Waals surface area contributed by atoms with Gasteiger partial charge in [-0.1, -0.05) is 12.1 Å². The highest BCUT2D eigenvalue weighted by Gasteiger charge is 2.44. The third-order valence-electron chi connectivity index (χ3n) is 6.86. The molecule has 0 unspecified atom stereocenters. The molecule has 8 nitrogen and oxygen atoms in total. The Balaban J connectivity index is 1.40. The standard InChI is InChI=1S/C32H36N2O6SSi/c1-6-34(7-2)24-14-13-23-20-26(32(35)40-29(23)21-24)31-33-27-19-22(12-17-28(27)39-31)11-15-25-16-18-30(41-25)42(36-8-3,37-9-4)38-10-5/h11-21H,6-10H2,1-5H3/b15-11+. The van der Waals surface area contributed by atoms with Crippen molar-refractivity contribution in [3.63, 3.8) is 0 Å². The van der Waals surface area contributed by atoms with Crippen molar-refractivity contribution in [2.24, 2.45) is 0 Å². The van der Waals surface area contributed by atoms with Gasteiger partial charge in [0.1, 0.15) is 16.7 Å². The molecular weight excluding hydrogens is 569 g/mol. The zero-order chi connectivity index (χ0) is 29.7. The summed E-state index contributed by atoms with van der Waals surface area (Å²) in [5.41, 5.74) is 3.58. The first-order chi connectivity index (χ1) is 20.4. The number of aromatic nitrogens is 1. The molecule has 0 aliphatic rings. The van der Waals surface area contributed by atoms with E-state index in [0.29, 0.717) is 42.1 Å². The van der Waals surface area contributed by atoms with Gasteiger partial charge < -0.3 is 27.0 Å². The number of thiophene rings is 1. The number of fused-ring (bicyclic) bond motifs is 2. The Bertz CT molecular complexity index is 1740. The summed E-state index contributed by atoms with van der Waals surface area (Å²) in [4.78, 5) is 20.8. The van der Waals surface area contributed by atoms with Gasteiger partial charge in [-0.05, 0) is 88.7 Å².